The van der Waals surface area contributed by atoms with E-state index in [1.54, 1.807) is 35.6 Å². The van der Waals surface area contributed by atoms with Gasteiger partial charge in [0, 0.05) is 16.8 Å². The van der Waals surface area contributed by atoms with Crippen LogP contribution >= 0.6 is 11.3 Å². The minimum atomic E-state index is -0.201. The number of aromatic nitrogens is 1. The summed E-state index contributed by atoms with van der Waals surface area (Å²) in [5.74, 6) is 0.303. The molecule has 0 fully saturated rings. The van der Waals surface area contributed by atoms with Crippen LogP contribution in [0.5, 0.6) is 5.75 Å². The molecule has 0 atom stereocenters. The van der Waals surface area contributed by atoms with Gasteiger partial charge in [0.15, 0.2) is 18.5 Å². The van der Waals surface area contributed by atoms with Gasteiger partial charge in [-0.15, -0.1) is 0 Å². The molecule has 1 heterocycles. The highest BCUT2D eigenvalue weighted by Gasteiger charge is 2.14. The number of nitrogens with one attached hydrogen (secondary N) is 1. The molecule has 5 nitrogen and oxygen atoms in total. The number of hydrogen-bond acceptors (Lipinski definition) is 4. The van der Waals surface area contributed by atoms with Crippen LogP contribution in [0.1, 0.15) is 122 Å². The molecule has 0 spiro atoms. The molecule has 0 saturated carbocycles. The molecule has 1 amide bonds. The van der Waals surface area contributed by atoms with Crippen LogP contribution in [0.3, 0.4) is 0 Å². The van der Waals surface area contributed by atoms with Crippen molar-refractivity contribution >= 4 is 28.7 Å². The second-order valence-electron chi connectivity index (χ2n) is 10.8. The molecule has 3 rings (SSSR count). The summed E-state index contributed by atoms with van der Waals surface area (Å²) in [6.45, 7) is 7.18. The molecule has 0 bridgehead atoms. The van der Waals surface area contributed by atoms with Crippen LogP contribution in [0.25, 0.3) is 0 Å². The molecule has 1 N–H and O–H groups in total. The van der Waals surface area contributed by atoms with Crippen LogP contribution in [-0.2, 0) is 6.54 Å². The summed E-state index contributed by atoms with van der Waals surface area (Å²) in [5, 5.41) is 2.94. The number of carbonyl (C=O) groups excluding carboxylic acids is 2. The highest BCUT2D eigenvalue weighted by atomic mass is 32.1. The van der Waals surface area contributed by atoms with Crippen LogP contribution in [0.2, 0.25) is 0 Å². The van der Waals surface area contributed by atoms with Gasteiger partial charge in [0.1, 0.15) is 5.75 Å². The second kappa shape index (κ2) is 17.6. The van der Waals surface area contributed by atoms with E-state index >= 15 is 0 Å². The van der Waals surface area contributed by atoms with E-state index in [-0.39, 0.29) is 11.7 Å². The summed E-state index contributed by atoms with van der Waals surface area (Å²) >= 11 is 1.70. The van der Waals surface area contributed by atoms with Crippen LogP contribution < -0.4 is 14.6 Å². The average molecular weight is 564 g/mol. The number of ketones is 1. The van der Waals surface area contributed by atoms with Crippen LogP contribution in [0.15, 0.2) is 54.2 Å². The number of rotatable bonds is 19. The molecule has 1 aromatic heterocycles. The highest BCUT2D eigenvalue weighted by Crippen LogP contribution is 2.25. The summed E-state index contributed by atoms with van der Waals surface area (Å²) < 4.78 is 8.09. The molecule has 40 heavy (non-hydrogen) atoms. The zero-order valence-electron chi connectivity index (χ0n) is 24.7. The standard InChI is InChI=1S/C34H46N2O3S/c1-4-5-6-7-8-9-10-11-12-13-14-15-21-39-33-20-19-31(23-32(33)28(3)37)35-34(38)30-18-16-17-29(22-30)25-36-24-27(2)40-26-36/h16-20,22-24,26H,4-15,21,25H2,1-3H3/p+1. The van der Waals surface area contributed by atoms with Crippen LogP contribution in [0.4, 0.5) is 5.69 Å². The number of ether oxygens (including phenoxy) is 1. The first-order chi connectivity index (χ1) is 19.5. The summed E-state index contributed by atoms with van der Waals surface area (Å²) in [6, 6.07) is 12.9. The van der Waals surface area contributed by atoms with Gasteiger partial charge in [0.05, 0.1) is 17.0 Å². The van der Waals surface area contributed by atoms with Crippen molar-refractivity contribution in [3.05, 3.63) is 75.7 Å². The van der Waals surface area contributed by atoms with E-state index in [2.05, 4.69) is 35.4 Å². The zero-order valence-corrected chi connectivity index (χ0v) is 25.5. The molecular weight excluding hydrogens is 516 g/mol. The van der Waals surface area contributed by atoms with Gasteiger partial charge in [-0.25, -0.2) is 0 Å². The number of Topliss-reactive ketones (excluding diaryl/α,β-unsaturated/α-hetero) is 1. The van der Waals surface area contributed by atoms with Crippen molar-refractivity contribution in [1.29, 1.82) is 0 Å². The van der Waals surface area contributed by atoms with Crippen molar-refractivity contribution in [3.8, 4) is 5.75 Å². The molecule has 2 aromatic carbocycles. The predicted molar refractivity (Wildman–Crippen MR) is 166 cm³/mol. The second-order valence-corrected chi connectivity index (χ2v) is 11.9. The number of unbranched alkanes of at least 4 members (excludes halogenated alkanes) is 11. The molecule has 0 radical (unpaired) electrons. The minimum absolute atomic E-state index is 0.0779. The number of amides is 1. The third-order valence-electron chi connectivity index (χ3n) is 7.15. The minimum Gasteiger partial charge on any atom is -0.493 e. The number of thiazole rings is 1. The SMILES string of the molecule is CCCCCCCCCCCCCCOc1ccc(NC(=O)c2cccc(C[n+]3csc(C)c3)c2)cc1C(C)=O. The number of benzene rings is 2. The van der Waals surface area contributed by atoms with E-state index < -0.39 is 0 Å². The molecule has 0 aliphatic rings. The van der Waals surface area contributed by atoms with Gasteiger partial charge in [-0.05, 0) is 50.6 Å². The summed E-state index contributed by atoms with van der Waals surface area (Å²) in [6.07, 6.45) is 17.7. The van der Waals surface area contributed by atoms with Gasteiger partial charge in [-0.3, -0.25) is 9.59 Å². The number of carbonyl (C=O) groups is 2. The van der Waals surface area contributed by atoms with E-state index in [1.807, 2.05) is 18.2 Å². The van der Waals surface area contributed by atoms with E-state index in [4.69, 9.17) is 4.74 Å². The first-order valence-electron chi connectivity index (χ1n) is 15.1. The molecule has 3 aromatic rings. The van der Waals surface area contributed by atoms with Gasteiger partial charge < -0.3 is 10.1 Å². The number of aryl methyl sites for hydroxylation is 1. The monoisotopic (exact) mass is 563 g/mol. The van der Waals surface area contributed by atoms with Crippen molar-refractivity contribution in [2.24, 2.45) is 0 Å². The van der Waals surface area contributed by atoms with Gasteiger partial charge in [0.25, 0.3) is 5.91 Å². The Bertz CT molecular complexity index is 1200. The zero-order chi connectivity index (χ0) is 28.6. The normalized spacial score (nSPS) is 11.0. The maximum atomic E-state index is 13.0. The van der Waals surface area contributed by atoms with Crippen molar-refractivity contribution in [2.75, 3.05) is 11.9 Å². The first kappa shape index (κ1) is 31.5. The fourth-order valence-corrected chi connectivity index (χ4v) is 5.52. The van der Waals surface area contributed by atoms with Gasteiger partial charge in [-0.2, -0.15) is 4.57 Å². The van der Waals surface area contributed by atoms with Crippen molar-refractivity contribution in [1.82, 2.24) is 0 Å². The lowest BCUT2D eigenvalue weighted by molar-refractivity contribution is -0.683. The molecule has 216 valence electrons. The molecule has 0 unspecified atom stereocenters. The predicted octanol–water partition coefficient (Wildman–Crippen LogP) is 8.93. The summed E-state index contributed by atoms with van der Waals surface area (Å²) in [5.41, 5.74) is 4.80. The van der Waals surface area contributed by atoms with Crippen LogP contribution in [0, 0.1) is 6.92 Å². The smallest absolute Gasteiger partial charge is 0.255 e. The Kier molecular flexibility index (Phi) is 13.9. The number of hydrogen-bond donors (Lipinski definition) is 1. The Balaban J connectivity index is 1.41. The number of nitrogens with zero attached hydrogens (tertiary/aromatic N) is 1. The lowest BCUT2D eigenvalue weighted by atomic mass is 10.1. The maximum Gasteiger partial charge on any atom is 0.255 e. The van der Waals surface area contributed by atoms with Crippen molar-refractivity contribution in [3.63, 3.8) is 0 Å². The quantitative estimate of drug-likeness (QED) is 0.0900. The molecular formula is C34H47N2O3S+. The van der Waals surface area contributed by atoms with E-state index in [0.29, 0.717) is 35.7 Å². The van der Waals surface area contributed by atoms with E-state index in [0.717, 1.165) is 18.4 Å². The fourth-order valence-electron chi connectivity index (χ4n) is 4.89. The Labute approximate surface area is 245 Å². The van der Waals surface area contributed by atoms with Gasteiger partial charge in [0.2, 0.25) is 5.51 Å². The summed E-state index contributed by atoms with van der Waals surface area (Å²) in [4.78, 5) is 26.5. The maximum absolute atomic E-state index is 13.0. The molecule has 0 aliphatic carbocycles. The van der Waals surface area contributed by atoms with Crippen molar-refractivity contribution in [2.45, 2.75) is 104 Å². The van der Waals surface area contributed by atoms with Crippen molar-refractivity contribution < 1.29 is 18.9 Å². The molecule has 0 aliphatic heterocycles. The van der Waals surface area contributed by atoms with Gasteiger partial charge >= 0.3 is 0 Å². The highest BCUT2D eigenvalue weighted by molar-refractivity contribution is 7.09. The molecule has 0 saturated heterocycles. The average Bonchev–Trinajstić information content (AvgIpc) is 3.36. The first-order valence-corrected chi connectivity index (χ1v) is 16.0. The van der Waals surface area contributed by atoms with Gasteiger partial charge in [-0.1, -0.05) is 101 Å². The van der Waals surface area contributed by atoms with E-state index in [9.17, 15) is 9.59 Å². The molecule has 6 heteroatoms. The largest absolute Gasteiger partial charge is 0.493 e. The third kappa shape index (κ3) is 11.2. The Morgan fingerprint density at radius 2 is 1.55 bits per heavy atom. The summed E-state index contributed by atoms with van der Waals surface area (Å²) in [7, 11) is 0. The topological polar surface area (TPSA) is 59.3 Å². The fraction of sp³-hybridized carbons (Fsp3) is 0.500. The Morgan fingerprint density at radius 3 is 2.17 bits per heavy atom. The number of anilines is 1. The lowest BCUT2D eigenvalue weighted by Gasteiger charge is -2.13. The van der Waals surface area contributed by atoms with Crippen LogP contribution in [-0.4, -0.2) is 18.3 Å². The van der Waals surface area contributed by atoms with E-state index in [1.165, 1.54) is 76.0 Å². The third-order valence-corrected chi connectivity index (χ3v) is 8.00. The lowest BCUT2D eigenvalue weighted by Crippen LogP contribution is -2.30. The Hall–Kier alpha value is -2.99. The Morgan fingerprint density at radius 1 is 0.875 bits per heavy atom.